The second-order valence-corrected chi connectivity index (χ2v) is 5.75. The summed E-state index contributed by atoms with van der Waals surface area (Å²) < 4.78 is 2.30. The fraction of sp³-hybridized carbons (Fsp3) is 0.533. The third-order valence-corrected chi connectivity index (χ3v) is 4.34. The zero-order chi connectivity index (χ0) is 12.8. The topological polar surface area (TPSA) is 29.9 Å². The molecule has 0 unspecified atom stereocenters. The number of nitrogens with zero attached hydrogens (tertiary/aromatic N) is 2. The number of nitrogens with one attached hydrogen (secondary N) is 1. The SMILES string of the molecule is Cc1cccc2nc(C3(C)CCNCC3)n(C)c12. The lowest BCUT2D eigenvalue weighted by Crippen LogP contribution is -2.39. The van der Waals surface area contributed by atoms with E-state index in [-0.39, 0.29) is 5.41 Å². The summed E-state index contributed by atoms with van der Waals surface area (Å²) in [6.45, 7) is 6.71. The summed E-state index contributed by atoms with van der Waals surface area (Å²) in [7, 11) is 2.16. The van der Waals surface area contributed by atoms with E-state index in [1.54, 1.807) is 0 Å². The van der Waals surface area contributed by atoms with Crippen LogP contribution in [0.1, 0.15) is 31.2 Å². The lowest BCUT2D eigenvalue weighted by Gasteiger charge is -2.33. The first-order chi connectivity index (χ1) is 8.62. The zero-order valence-electron chi connectivity index (χ0n) is 11.5. The van der Waals surface area contributed by atoms with Crippen LogP contribution in [0.2, 0.25) is 0 Å². The molecule has 1 saturated heterocycles. The molecule has 1 fully saturated rings. The molecule has 0 spiro atoms. The van der Waals surface area contributed by atoms with Crippen LogP contribution in [-0.4, -0.2) is 22.6 Å². The van der Waals surface area contributed by atoms with Crippen LogP contribution in [0, 0.1) is 6.92 Å². The van der Waals surface area contributed by atoms with Crippen molar-refractivity contribution < 1.29 is 0 Å². The number of hydrogen-bond acceptors (Lipinski definition) is 2. The van der Waals surface area contributed by atoms with Gasteiger partial charge < -0.3 is 9.88 Å². The molecule has 1 N–H and O–H groups in total. The Labute approximate surface area is 108 Å². The van der Waals surface area contributed by atoms with Crippen molar-refractivity contribution in [2.45, 2.75) is 32.1 Å². The van der Waals surface area contributed by atoms with Crippen LogP contribution in [0.15, 0.2) is 18.2 Å². The molecule has 3 nitrogen and oxygen atoms in total. The fourth-order valence-corrected chi connectivity index (χ4v) is 3.21. The number of piperidine rings is 1. The van der Waals surface area contributed by atoms with Gasteiger partial charge in [-0.05, 0) is 44.5 Å². The van der Waals surface area contributed by atoms with E-state index < -0.39 is 0 Å². The average molecular weight is 243 g/mol. The van der Waals surface area contributed by atoms with Crippen molar-refractivity contribution >= 4 is 11.0 Å². The number of aryl methyl sites for hydroxylation is 2. The molecule has 0 aliphatic carbocycles. The van der Waals surface area contributed by atoms with Gasteiger partial charge in [-0.15, -0.1) is 0 Å². The molecule has 18 heavy (non-hydrogen) atoms. The van der Waals surface area contributed by atoms with Crippen molar-refractivity contribution in [3.63, 3.8) is 0 Å². The number of fused-ring (bicyclic) bond motifs is 1. The van der Waals surface area contributed by atoms with Crippen LogP contribution in [-0.2, 0) is 12.5 Å². The van der Waals surface area contributed by atoms with Crippen molar-refractivity contribution in [2.24, 2.45) is 7.05 Å². The van der Waals surface area contributed by atoms with Crippen LogP contribution in [0.25, 0.3) is 11.0 Å². The summed E-state index contributed by atoms with van der Waals surface area (Å²) in [5, 5.41) is 3.44. The van der Waals surface area contributed by atoms with E-state index in [4.69, 9.17) is 4.98 Å². The Morgan fingerprint density at radius 2 is 2.00 bits per heavy atom. The van der Waals surface area contributed by atoms with Crippen LogP contribution in [0.5, 0.6) is 0 Å². The van der Waals surface area contributed by atoms with Crippen LogP contribution in [0.4, 0.5) is 0 Å². The molecule has 1 aromatic heterocycles. The van der Waals surface area contributed by atoms with Crippen LogP contribution in [0.3, 0.4) is 0 Å². The summed E-state index contributed by atoms with van der Waals surface area (Å²) in [5.41, 5.74) is 3.94. The number of aromatic nitrogens is 2. The molecule has 0 bridgehead atoms. The molecule has 96 valence electrons. The van der Waals surface area contributed by atoms with E-state index >= 15 is 0 Å². The third kappa shape index (κ3) is 1.65. The molecule has 3 rings (SSSR count). The Bertz CT molecular complexity index is 577. The molecule has 0 saturated carbocycles. The predicted molar refractivity (Wildman–Crippen MR) is 74.9 cm³/mol. The first-order valence-electron chi connectivity index (χ1n) is 6.75. The second kappa shape index (κ2) is 4.09. The van der Waals surface area contributed by atoms with Crippen molar-refractivity contribution in [3.05, 3.63) is 29.6 Å². The highest BCUT2D eigenvalue weighted by Crippen LogP contribution is 2.34. The quantitative estimate of drug-likeness (QED) is 0.834. The van der Waals surface area contributed by atoms with Crippen molar-refractivity contribution in [2.75, 3.05) is 13.1 Å². The zero-order valence-corrected chi connectivity index (χ0v) is 11.5. The highest BCUT2D eigenvalue weighted by atomic mass is 15.1. The lowest BCUT2D eigenvalue weighted by molar-refractivity contribution is 0.313. The molecule has 1 aliphatic rings. The Morgan fingerprint density at radius 3 is 2.67 bits per heavy atom. The molecule has 0 radical (unpaired) electrons. The van der Waals surface area contributed by atoms with Gasteiger partial charge in [-0.1, -0.05) is 19.1 Å². The van der Waals surface area contributed by atoms with Gasteiger partial charge in [-0.3, -0.25) is 0 Å². The minimum Gasteiger partial charge on any atom is -0.330 e. The van der Waals surface area contributed by atoms with E-state index in [0.29, 0.717) is 0 Å². The van der Waals surface area contributed by atoms with E-state index in [1.165, 1.54) is 29.7 Å². The summed E-state index contributed by atoms with van der Waals surface area (Å²) >= 11 is 0. The Kier molecular flexibility index (Phi) is 2.67. The van der Waals surface area contributed by atoms with E-state index in [9.17, 15) is 0 Å². The first kappa shape index (κ1) is 11.7. The van der Waals surface area contributed by atoms with Crippen LogP contribution < -0.4 is 5.32 Å². The van der Waals surface area contributed by atoms with Gasteiger partial charge >= 0.3 is 0 Å². The van der Waals surface area contributed by atoms with Gasteiger partial charge in [0.2, 0.25) is 0 Å². The molecule has 3 heteroatoms. The van der Waals surface area contributed by atoms with Crippen molar-refractivity contribution in [1.29, 1.82) is 0 Å². The molecule has 1 aliphatic heterocycles. The number of hydrogen-bond donors (Lipinski definition) is 1. The van der Waals surface area contributed by atoms with Gasteiger partial charge in [0.1, 0.15) is 5.82 Å². The summed E-state index contributed by atoms with van der Waals surface area (Å²) in [6, 6.07) is 6.38. The fourth-order valence-electron chi connectivity index (χ4n) is 3.21. The number of imidazole rings is 1. The predicted octanol–water partition coefficient (Wildman–Crippen LogP) is 2.52. The molecule has 0 atom stereocenters. The standard InChI is InChI=1S/C15H21N3/c1-11-5-4-6-12-13(11)18(3)14(17-12)15(2)7-9-16-10-8-15/h4-6,16H,7-10H2,1-3H3. The number of rotatable bonds is 1. The van der Waals surface area contributed by atoms with E-state index in [1.807, 2.05) is 0 Å². The molecule has 1 aromatic carbocycles. The maximum Gasteiger partial charge on any atom is 0.115 e. The Hall–Kier alpha value is -1.35. The third-order valence-electron chi connectivity index (χ3n) is 4.34. The summed E-state index contributed by atoms with van der Waals surface area (Å²) in [5.74, 6) is 1.24. The van der Waals surface area contributed by atoms with Gasteiger partial charge in [0.05, 0.1) is 11.0 Å². The molecule has 0 amide bonds. The maximum absolute atomic E-state index is 4.90. The average Bonchev–Trinajstić information content (AvgIpc) is 2.70. The summed E-state index contributed by atoms with van der Waals surface area (Å²) in [6.07, 6.45) is 2.34. The minimum atomic E-state index is 0.214. The van der Waals surface area contributed by atoms with Gasteiger partial charge in [0.25, 0.3) is 0 Å². The smallest absolute Gasteiger partial charge is 0.115 e. The van der Waals surface area contributed by atoms with Gasteiger partial charge in [0, 0.05) is 12.5 Å². The summed E-state index contributed by atoms with van der Waals surface area (Å²) in [4.78, 5) is 4.90. The monoisotopic (exact) mass is 243 g/mol. The first-order valence-corrected chi connectivity index (χ1v) is 6.75. The molecule has 2 aromatic rings. The van der Waals surface area contributed by atoms with Crippen molar-refractivity contribution in [3.8, 4) is 0 Å². The van der Waals surface area contributed by atoms with Gasteiger partial charge in [-0.25, -0.2) is 4.98 Å². The number of para-hydroxylation sites is 1. The van der Waals surface area contributed by atoms with Gasteiger partial charge in [0.15, 0.2) is 0 Å². The van der Waals surface area contributed by atoms with Crippen molar-refractivity contribution in [1.82, 2.24) is 14.9 Å². The molecule has 2 heterocycles. The van der Waals surface area contributed by atoms with E-state index in [0.717, 1.165) is 18.6 Å². The highest BCUT2D eigenvalue weighted by molar-refractivity contribution is 5.79. The minimum absolute atomic E-state index is 0.214. The van der Waals surface area contributed by atoms with Gasteiger partial charge in [-0.2, -0.15) is 0 Å². The molecular weight excluding hydrogens is 222 g/mol. The Morgan fingerprint density at radius 1 is 1.28 bits per heavy atom. The lowest BCUT2D eigenvalue weighted by atomic mass is 9.80. The van der Waals surface area contributed by atoms with Crippen LogP contribution >= 0.6 is 0 Å². The van der Waals surface area contributed by atoms with E-state index in [2.05, 4.69) is 49.0 Å². The molecular formula is C15H21N3. The normalized spacial score (nSPS) is 19.3. The maximum atomic E-state index is 4.90. The second-order valence-electron chi connectivity index (χ2n) is 5.75. The Balaban J connectivity index is 2.18. The largest absolute Gasteiger partial charge is 0.330 e. The number of benzene rings is 1. The highest BCUT2D eigenvalue weighted by Gasteiger charge is 2.33.